The van der Waals surface area contributed by atoms with E-state index in [2.05, 4.69) is 4.74 Å². The molecule has 0 aromatic heterocycles. The van der Waals surface area contributed by atoms with Crippen LogP contribution in [0, 0.1) is 17.8 Å². The summed E-state index contributed by atoms with van der Waals surface area (Å²) in [6.45, 7) is 3.68. The number of aliphatic hydroxyl groups excluding tert-OH is 4. The Hall–Kier alpha value is -0.570. The summed E-state index contributed by atoms with van der Waals surface area (Å²) in [4.78, 5) is 11.5. The van der Waals surface area contributed by atoms with Crippen molar-refractivity contribution in [1.82, 2.24) is 0 Å². The van der Waals surface area contributed by atoms with E-state index in [1.807, 2.05) is 13.8 Å². The molecule has 3 unspecified atom stereocenters. The summed E-state index contributed by atoms with van der Waals surface area (Å²) in [6.07, 6.45) is -4.70. The lowest BCUT2D eigenvalue weighted by Gasteiger charge is -2.23. The van der Waals surface area contributed by atoms with Crippen molar-refractivity contribution in [3.63, 3.8) is 0 Å². The highest BCUT2D eigenvalue weighted by Crippen LogP contribution is 2.35. The Balaban J connectivity index is 2.50. The zero-order valence-corrected chi connectivity index (χ0v) is 12.7. The van der Waals surface area contributed by atoms with Gasteiger partial charge in [0.05, 0.1) is 30.8 Å². The van der Waals surface area contributed by atoms with Crippen LogP contribution in [0.5, 0.6) is 0 Å². The summed E-state index contributed by atoms with van der Waals surface area (Å²) >= 11 is 0. The summed E-state index contributed by atoms with van der Waals surface area (Å²) in [5, 5.41) is 39.4. The molecule has 0 aromatic rings. The van der Waals surface area contributed by atoms with Gasteiger partial charge in [0, 0.05) is 19.4 Å². The Morgan fingerprint density at radius 3 is 2.29 bits per heavy atom. The minimum atomic E-state index is -1.38. The predicted octanol–water partition coefficient (Wildman–Crippen LogP) is -1.09. The fourth-order valence-corrected chi connectivity index (χ4v) is 2.69. The molecule has 0 heterocycles. The van der Waals surface area contributed by atoms with E-state index in [4.69, 9.17) is 4.74 Å². The van der Waals surface area contributed by atoms with E-state index < -0.39 is 36.4 Å². The number of carbonyl (C=O) groups is 1. The summed E-state index contributed by atoms with van der Waals surface area (Å²) in [5.74, 6) is -1.60. The molecular weight excluding hydrogens is 280 g/mol. The Labute approximate surface area is 124 Å². The van der Waals surface area contributed by atoms with Gasteiger partial charge in [-0.3, -0.25) is 4.79 Å². The summed E-state index contributed by atoms with van der Waals surface area (Å²) < 4.78 is 9.92. The zero-order valence-electron chi connectivity index (χ0n) is 12.7. The van der Waals surface area contributed by atoms with E-state index in [0.717, 1.165) is 0 Å². The van der Waals surface area contributed by atoms with Crippen molar-refractivity contribution < 1.29 is 34.7 Å². The molecular formula is C14H26O7. The van der Waals surface area contributed by atoms with Gasteiger partial charge in [-0.2, -0.15) is 0 Å². The molecule has 1 saturated carbocycles. The number of carbonyl (C=O) groups excluding carboxylic acids is 1. The molecule has 0 bridgehead atoms. The van der Waals surface area contributed by atoms with Gasteiger partial charge in [0.25, 0.3) is 0 Å². The molecule has 0 spiro atoms. The molecule has 1 rings (SSSR count). The van der Waals surface area contributed by atoms with Crippen molar-refractivity contribution in [1.29, 1.82) is 0 Å². The summed E-state index contributed by atoms with van der Waals surface area (Å²) in [6, 6.07) is 0. The number of Topliss-reactive ketones (excluding diaryl/α,β-unsaturated/α-hetero) is 1. The van der Waals surface area contributed by atoms with Crippen molar-refractivity contribution in [3.05, 3.63) is 0 Å². The average molecular weight is 306 g/mol. The normalized spacial score (nSPS) is 34.4. The van der Waals surface area contributed by atoms with Gasteiger partial charge in [0.2, 0.25) is 0 Å². The van der Waals surface area contributed by atoms with E-state index in [0.29, 0.717) is 6.42 Å². The quantitative estimate of drug-likeness (QED) is 0.421. The summed E-state index contributed by atoms with van der Waals surface area (Å²) in [5.41, 5.74) is 0. The molecule has 1 aliphatic rings. The van der Waals surface area contributed by atoms with Gasteiger partial charge >= 0.3 is 0 Å². The van der Waals surface area contributed by atoms with Gasteiger partial charge in [0.1, 0.15) is 6.61 Å². The number of hydrogen-bond acceptors (Lipinski definition) is 7. The number of rotatable bonds is 8. The Morgan fingerprint density at radius 2 is 1.76 bits per heavy atom. The van der Waals surface area contributed by atoms with Crippen LogP contribution in [0.1, 0.15) is 20.3 Å². The van der Waals surface area contributed by atoms with Crippen molar-refractivity contribution in [2.24, 2.45) is 17.8 Å². The lowest BCUT2D eigenvalue weighted by Crippen LogP contribution is -2.38. The maximum atomic E-state index is 11.5. The van der Waals surface area contributed by atoms with E-state index in [1.165, 1.54) is 7.11 Å². The largest absolute Gasteiger partial charge is 0.392 e. The van der Waals surface area contributed by atoms with Crippen LogP contribution in [0.3, 0.4) is 0 Å². The molecule has 0 radical (unpaired) electrons. The molecule has 0 amide bonds. The van der Waals surface area contributed by atoms with Crippen LogP contribution in [-0.2, 0) is 14.3 Å². The van der Waals surface area contributed by atoms with E-state index in [9.17, 15) is 25.2 Å². The molecule has 0 saturated heterocycles. The highest BCUT2D eigenvalue weighted by Gasteiger charge is 2.51. The molecule has 4 N–H and O–H groups in total. The first-order valence-electron chi connectivity index (χ1n) is 7.14. The van der Waals surface area contributed by atoms with Crippen molar-refractivity contribution in [2.45, 2.75) is 44.9 Å². The van der Waals surface area contributed by atoms with Gasteiger partial charge in [-0.25, -0.2) is 0 Å². The SMILES string of the molecule is CO[C@@H](O)C1C(O)[C@H](O)C(COCC(=O)CC(C)C)[C@H]1O. The predicted molar refractivity (Wildman–Crippen MR) is 73.3 cm³/mol. The summed E-state index contributed by atoms with van der Waals surface area (Å²) in [7, 11) is 1.24. The molecule has 1 aliphatic carbocycles. The topological polar surface area (TPSA) is 116 Å². The number of ether oxygens (including phenoxy) is 2. The van der Waals surface area contributed by atoms with E-state index in [-0.39, 0.29) is 24.9 Å². The van der Waals surface area contributed by atoms with E-state index >= 15 is 0 Å². The molecule has 7 heteroatoms. The minimum Gasteiger partial charge on any atom is -0.392 e. The van der Waals surface area contributed by atoms with Gasteiger partial charge in [-0.05, 0) is 5.92 Å². The van der Waals surface area contributed by atoms with Crippen LogP contribution in [-0.4, -0.2) is 71.1 Å². The molecule has 1 fully saturated rings. The van der Waals surface area contributed by atoms with Gasteiger partial charge in [-0.15, -0.1) is 0 Å². The lowest BCUT2D eigenvalue weighted by molar-refractivity contribution is -0.161. The van der Waals surface area contributed by atoms with E-state index in [1.54, 1.807) is 0 Å². The van der Waals surface area contributed by atoms with Crippen LogP contribution < -0.4 is 0 Å². The van der Waals surface area contributed by atoms with Gasteiger partial charge in [0.15, 0.2) is 12.1 Å². The maximum absolute atomic E-state index is 11.5. The number of ketones is 1. The van der Waals surface area contributed by atoms with Crippen molar-refractivity contribution in [2.75, 3.05) is 20.3 Å². The van der Waals surface area contributed by atoms with Crippen LogP contribution >= 0.6 is 0 Å². The van der Waals surface area contributed by atoms with Crippen molar-refractivity contribution in [3.8, 4) is 0 Å². The highest BCUT2D eigenvalue weighted by atomic mass is 16.6. The molecule has 7 nitrogen and oxygen atoms in total. The molecule has 124 valence electrons. The second kappa shape index (κ2) is 8.17. The number of hydrogen-bond donors (Lipinski definition) is 4. The third kappa shape index (κ3) is 4.70. The second-order valence-electron chi connectivity index (χ2n) is 5.99. The van der Waals surface area contributed by atoms with Crippen LogP contribution in [0.15, 0.2) is 0 Å². The molecule has 21 heavy (non-hydrogen) atoms. The Morgan fingerprint density at radius 1 is 1.14 bits per heavy atom. The lowest BCUT2D eigenvalue weighted by atomic mass is 10.00. The zero-order chi connectivity index (χ0) is 16.2. The second-order valence-corrected chi connectivity index (χ2v) is 5.99. The first kappa shape index (κ1) is 18.5. The average Bonchev–Trinajstić information content (AvgIpc) is 2.61. The monoisotopic (exact) mass is 306 g/mol. The number of methoxy groups -OCH3 is 1. The van der Waals surface area contributed by atoms with Crippen molar-refractivity contribution >= 4 is 5.78 Å². The number of aliphatic hydroxyl groups is 4. The molecule has 0 aromatic carbocycles. The third-order valence-electron chi connectivity index (χ3n) is 3.80. The first-order valence-corrected chi connectivity index (χ1v) is 7.14. The van der Waals surface area contributed by atoms with Crippen LogP contribution in [0.2, 0.25) is 0 Å². The van der Waals surface area contributed by atoms with Gasteiger partial charge in [-0.1, -0.05) is 13.8 Å². The van der Waals surface area contributed by atoms with Crippen LogP contribution in [0.25, 0.3) is 0 Å². The van der Waals surface area contributed by atoms with Gasteiger partial charge < -0.3 is 29.9 Å². The minimum absolute atomic E-state index is 0.0546. The standard InChI is InChI=1S/C14H26O7/c1-7(2)4-8(15)5-21-6-9-11(16)10(14(19)20-3)13(18)12(9)17/h7,9-14,16-19H,4-6H2,1-3H3/t9?,10?,11-,12-,13?,14-/m1/s1. The fraction of sp³-hybridized carbons (Fsp3) is 0.929. The fourth-order valence-electron chi connectivity index (χ4n) is 2.69. The first-order chi connectivity index (χ1) is 9.79. The Kier molecular flexibility index (Phi) is 7.19. The third-order valence-corrected chi connectivity index (χ3v) is 3.80. The smallest absolute Gasteiger partial charge is 0.162 e. The highest BCUT2D eigenvalue weighted by molar-refractivity contribution is 5.79. The maximum Gasteiger partial charge on any atom is 0.162 e. The van der Waals surface area contributed by atoms with Crippen LogP contribution in [0.4, 0.5) is 0 Å². The molecule has 6 atom stereocenters. The Bertz CT molecular complexity index is 333. The molecule has 0 aliphatic heterocycles.